The molecule has 0 bridgehead atoms. The maximum atomic E-state index is 13.5. The van der Waals surface area contributed by atoms with Gasteiger partial charge in [0.15, 0.2) is 11.5 Å². The van der Waals surface area contributed by atoms with Crippen molar-refractivity contribution in [3.05, 3.63) is 46.2 Å². The van der Waals surface area contributed by atoms with Gasteiger partial charge in [-0.05, 0) is 61.2 Å². The number of methoxy groups -OCH3 is 2. The molecular formula is C26H34N2O4S. The van der Waals surface area contributed by atoms with Crippen LogP contribution in [0.4, 0.5) is 0 Å². The average Bonchev–Trinajstić information content (AvgIpc) is 3.28. The summed E-state index contributed by atoms with van der Waals surface area (Å²) < 4.78 is 10.8. The minimum absolute atomic E-state index is 0.0297. The highest BCUT2D eigenvalue weighted by molar-refractivity contribution is 7.09. The largest absolute Gasteiger partial charge is 0.493 e. The molecule has 6 nitrogen and oxygen atoms in total. The second-order valence-corrected chi connectivity index (χ2v) is 10.0. The second-order valence-electron chi connectivity index (χ2n) is 9.01. The van der Waals surface area contributed by atoms with Crippen LogP contribution in [0.5, 0.6) is 11.5 Å². The predicted octanol–water partition coefficient (Wildman–Crippen LogP) is 4.52. The van der Waals surface area contributed by atoms with Crippen LogP contribution in [0.15, 0.2) is 35.7 Å². The first-order valence-electron chi connectivity index (χ1n) is 11.9. The van der Waals surface area contributed by atoms with Gasteiger partial charge in [-0.3, -0.25) is 9.59 Å². The molecule has 0 radical (unpaired) electrons. The summed E-state index contributed by atoms with van der Waals surface area (Å²) in [6.07, 6.45) is 6.92. The van der Waals surface area contributed by atoms with E-state index in [0.29, 0.717) is 31.0 Å². The molecule has 33 heavy (non-hydrogen) atoms. The van der Waals surface area contributed by atoms with Crippen LogP contribution in [0.2, 0.25) is 0 Å². The number of nitrogens with zero attached hydrogens (tertiary/aromatic N) is 2. The van der Waals surface area contributed by atoms with Crippen molar-refractivity contribution in [2.75, 3.05) is 27.3 Å². The van der Waals surface area contributed by atoms with Crippen molar-refractivity contribution in [1.29, 1.82) is 0 Å². The molecule has 4 rings (SSSR count). The Labute approximate surface area is 200 Å². The summed E-state index contributed by atoms with van der Waals surface area (Å²) in [7, 11) is 3.25. The minimum Gasteiger partial charge on any atom is -0.493 e. The number of hydrogen-bond acceptors (Lipinski definition) is 5. The number of ether oxygens (including phenoxy) is 2. The molecule has 2 fully saturated rings. The van der Waals surface area contributed by atoms with Crippen LogP contribution >= 0.6 is 11.3 Å². The maximum absolute atomic E-state index is 13.5. The molecular weight excluding hydrogens is 436 g/mol. The Kier molecular flexibility index (Phi) is 7.91. The van der Waals surface area contributed by atoms with Crippen molar-refractivity contribution in [3.8, 4) is 11.5 Å². The van der Waals surface area contributed by atoms with Crippen molar-refractivity contribution >= 4 is 23.2 Å². The Bertz CT molecular complexity index is 936. The third-order valence-corrected chi connectivity index (χ3v) is 7.54. The van der Waals surface area contributed by atoms with Gasteiger partial charge in [0.05, 0.1) is 20.8 Å². The van der Waals surface area contributed by atoms with Crippen LogP contribution < -0.4 is 9.47 Å². The number of rotatable bonds is 11. The lowest BCUT2D eigenvalue weighted by Crippen LogP contribution is -2.46. The highest BCUT2D eigenvalue weighted by atomic mass is 32.1. The van der Waals surface area contributed by atoms with Gasteiger partial charge < -0.3 is 19.3 Å². The van der Waals surface area contributed by atoms with E-state index in [1.165, 1.54) is 0 Å². The molecule has 7 heteroatoms. The lowest BCUT2D eigenvalue weighted by Gasteiger charge is -2.29. The van der Waals surface area contributed by atoms with Crippen LogP contribution in [0.1, 0.15) is 49.0 Å². The van der Waals surface area contributed by atoms with Gasteiger partial charge in [0.2, 0.25) is 11.8 Å². The summed E-state index contributed by atoms with van der Waals surface area (Å²) in [6, 6.07) is 10.2. The molecule has 1 aromatic carbocycles. The highest BCUT2D eigenvalue weighted by Crippen LogP contribution is 2.33. The van der Waals surface area contributed by atoms with Crippen LogP contribution in [-0.2, 0) is 22.6 Å². The van der Waals surface area contributed by atoms with E-state index in [1.54, 1.807) is 25.6 Å². The third kappa shape index (κ3) is 6.08. The Morgan fingerprint density at radius 2 is 1.79 bits per heavy atom. The summed E-state index contributed by atoms with van der Waals surface area (Å²) in [5.74, 6) is 1.71. The fourth-order valence-corrected chi connectivity index (χ4v) is 5.33. The van der Waals surface area contributed by atoms with E-state index in [0.717, 1.165) is 49.0 Å². The lowest BCUT2D eigenvalue weighted by atomic mass is 10.1. The molecule has 2 aliphatic carbocycles. The molecule has 0 unspecified atom stereocenters. The topological polar surface area (TPSA) is 59.1 Å². The smallest absolute Gasteiger partial charge is 0.242 e. The molecule has 0 N–H and O–H groups in total. The molecule has 2 aromatic rings. The van der Waals surface area contributed by atoms with Gasteiger partial charge in [-0.1, -0.05) is 25.0 Å². The molecule has 1 aromatic heterocycles. The van der Waals surface area contributed by atoms with Crippen molar-refractivity contribution in [2.45, 2.75) is 57.5 Å². The number of amides is 2. The first kappa shape index (κ1) is 23.6. The van der Waals surface area contributed by atoms with Crippen molar-refractivity contribution in [3.63, 3.8) is 0 Å². The summed E-state index contributed by atoms with van der Waals surface area (Å²) >= 11 is 1.65. The zero-order valence-electron chi connectivity index (χ0n) is 19.6. The van der Waals surface area contributed by atoms with E-state index in [2.05, 4.69) is 6.07 Å². The second kappa shape index (κ2) is 11.1. The molecule has 0 spiro atoms. The Morgan fingerprint density at radius 1 is 1.03 bits per heavy atom. The quantitative estimate of drug-likeness (QED) is 0.485. The van der Waals surface area contributed by atoms with Gasteiger partial charge >= 0.3 is 0 Å². The van der Waals surface area contributed by atoms with Gasteiger partial charge in [0.25, 0.3) is 0 Å². The van der Waals surface area contributed by atoms with Crippen molar-refractivity contribution < 1.29 is 19.1 Å². The molecule has 2 aliphatic rings. The lowest BCUT2D eigenvalue weighted by molar-refractivity contribution is -0.143. The molecule has 2 saturated carbocycles. The Hall–Kier alpha value is -2.54. The number of carbonyl (C=O) groups excluding carboxylic acids is 2. The van der Waals surface area contributed by atoms with Crippen LogP contribution in [0.25, 0.3) is 0 Å². The number of hydrogen-bond donors (Lipinski definition) is 0. The monoisotopic (exact) mass is 470 g/mol. The van der Waals surface area contributed by atoms with Crippen LogP contribution in [0.3, 0.4) is 0 Å². The fraction of sp³-hybridized carbons (Fsp3) is 0.538. The van der Waals surface area contributed by atoms with Crippen molar-refractivity contribution in [1.82, 2.24) is 9.80 Å². The van der Waals surface area contributed by atoms with E-state index < -0.39 is 0 Å². The first-order chi connectivity index (χ1) is 16.1. The summed E-state index contributed by atoms with van der Waals surface area (Å²) in [4.78, 5) is 31.5. The number of benzene rings is 1. The highest BCUT2D eigenvalue weighted by Gasteiger charge is 2.38. The molecule has 0 atom stereocenters. The Morgan fingerprint density at radius 3 is 2.42 bits per heavy atom. The van der Waals surface area contributed by atoms with Crippen LogP contribution in [0, 0.1) is 5.92 Å². The van der Waals surface area contributed by atoms with Gasteiger partial charge in [0, 0.05) is 23.4 Å². The normalized spacial score (nSPS) is 15.9. The summed E-state index contributed by atoms with van der Waals surface area (Å²) in [6.45, 7) is 1.35. The number of thiophene rings is 1. The molecule has 0 aliphatic heterocycles. The molecule has 0 saturated heterocycles. The van der Waals surface area contributed by atoms with E-state index in [1.807, 2.05) is 39.4 Å². The Balaban J connectivity index is 1.45. The van der Waals surface area contributed by atoms with Gasteiger partial charge in [0.1, 0.15) is 6.54 Å². The molecule has 178 valence electrons. The van der Waals surface area contributed by atoms with Gasteiger partial charge in [-0.15, -0.1) is 11.3 Å². The van der Waals surface area contributed by atoms with E-state index in [4.69, 9.17) is 9.47 Å². The van der Waals surface area contributed by atoms with E-state index >= 15 is 0 Å². The third-order valence-electron chi connectivity index (χ3n) is 6.68. The van der Waals surface area contributed by atoms with Crippen molar-refractivity contribution in [2.24, 2.45) is 5.92 Å². The standard InChI is InChI=1S/C26H34N2O4S/c1-31-23-12-9-19(16-24(23)32-2)13-14-27(17-22-8-5-15-33-22)25(29)18-28(21-10-11-21)26(30)20-6-3-4-7-20/h5,8-9,12,15-16,20-21H,3-4,6-7,10-11,13-14,17-18H2,1-2H3. The predicted molar refractivity (Wildman–Crippen MR) is 130 cm³/mol. The zero-order chi connectivity index (χ0) is 23.2. The maximum Gasteiger partial charge on any atom is 0.242 e. The molecule has 2 amide bonds. The van der Waals surface area contributed by atoms with E-state index in [-0.39, 0.29) is 30.3 Å². The summed E-state index contributed by atoms with van der Waals surface area (Å²) in [5.41, 5.74) is 1.08. The van der Waals surface area contributed by atoms with Crippen LogP contribution in [-0.4, -0.2) is 55.0 Å². The van der Waals surface area contributed by atoms with Gasteiger partial charge in [-0.2, -0.15) is 0 Å². The fourth-order valence-electron chi connectivity index (χ4n) is 4.61. The summed E-state index contributed by atoms with van der Waals surface area (Å²) in [5, 5.41) is 2.03. The van der Waals surface area contributed by atoms with Gasteiger partial charge in [-0.25, -0.2) is 0 Å². The van der Waals surface area contributed by atoms with E-state index in [9.17, 15) is 9.59 Å². The molecule has 1 heterocycles. The average molecular weight is 471 g/mol. The zero-order valence-corrected chi connectivity index (χ0v) is 20.4. The minimum atomic E-state index is 0.0297. The number of carbonyl (C=O) groups is 2. The first-order valence-corrected chi connectivity index (χ1v) is 12.8. The SMILES string of the molecule is COc1ccc(CCN(Cc2cccs2)C(=O)CN(C(=O)C2CCCC2)C2CC2)cc1OC.